The zero-order valence-corrected chi connectivity index (χ0v) is 16.2. The molecule has 3 nitrogen and oxygen atoms in total. The highest BCUT2D eigenvalue weighted by Gasteiger charge is 2.30. The van der Waals surface area contributed by atoms with Gasteiger partial charge in [0, 0.05) is 16.7 Å². The van der Waals surface area contributed by atoms with Crippen LogP contribution in [0.1, 0.15) is 16.7 Å². The van der Waals surface area contributed by atoms with Crippen LogP contribution >= 0.6 is 0 Å². The minimum Gasteiger partial charge on any atom is -0.391 e. The lowest BCUT2D eigenvalue weighted by Crippen LogP contribution is -2.15. The standard InChI is InChI=1S/C24H19F3N2O/c1-17-22(19-10-4-2-5-11-19)28-29(23(17)20-12-6-3-7-13-20)30-16-18-9-8-14-21(15-18)24(25,26)27/h2-15H,16H2,1H3. The van der Waals surface area contributed by atoms with Gasteiger partial charge in [0.25, 0.3) is 0 Å². The molecule has 0 saturated heterocycles. The van der Waals surface area contributed by atoms with Gasteiger partial charge < -0.3 is 4.84 Å². The quantitative estimate of drug-likeness (QED) is 0.395. The third-order valence-electron chi connectivity index (χ3n) is 4.79. The van der Waals surface area contributed by atoms with Gasteiger partial charge in [-0.05, 0) is 24.6 Å². The van der Waals surface area contributed by atoms with E-state index in [9.17, 15) is 13.2 Å². The van der Waals surface area contributed by atoms with E-state index in [-0.39, 0.29) is 6.61 Å². The third-order valence-corrected chi connectivity index (χ3v) is 4.79. The lowest BCUT2D eigenvalue weighted by molar-refractivity contribution is -0.137. The Morgan fingerprint density at radius 1 is 0.833 bits per heavy atom. The van der Waals surface area contributed by atoms with Crippen molar-refractivity contribution in [1.29, 1.82) is 0 Å². The second-order valence-electron chi connectivity index (χ2n) is 6.90. The number of rotatable bonds is 5. The Morgan fingerprint density at radius 3 is 2.10 bits per heavy atom. The number of nitrogens with zero attached hydrogens (tertiary/aromatic N) is 2. The summed E-state index contributed by atoms with van der Waals surface area (Å²) in [7, 11) is 0. The van der Waals surface area contributed by atoms with E-state index in [4.69, 9.17) is 4.84 Å². The van der Waals surface area contributed by atoms with Crippen molar-refractivity contribution in [1.82, 2.24) is 9.94 Å². The SMILES string of the molecule is Cc1c(-c2ccccc2)nn(OCc2cccc(C(F)(F)F)c2)c1-c1ccccc1. The van der Waals surface area contributed by atoms with E-state index in [1.54, 1.807) is 6.07 Å². The van der Waals surface area contributed by atoms with Crippen LogP contribution in [0, 0.1) is 6.92 Å². The molecule has 0 radical (unpaired) electrons. The van der Waals surface area contributed by atoms with E-state index >= 15 is 0 Å². The molecule has 0 atom stereocenters. The Labute approximate surface area is 172 Å². The Kier molecular flexibility index (Phi) is 5.31. The highest BCUT2D eigenvalue weighted by Crippen LogP contribution is 2.32. The highest BCUT2D eigenvalue weighted by atomic mass is 19.4. The molecule has 0 saturated carbocycles. The summed E-state index contributed by atoms with van der Waals surface area (Å²) < 4.78 is 39.0. The van der Waals surface area contributed by atoms with Crippen LogP contribution in [0.2, 0.25) is 0 Å². The van der Waals surface area contributed by atoms with E-state index < -0.39 is 11.7 Å². The molecule has 0 aliphatic carbocycles. The predicted molar refractivity (Wildman–Crippen MR) is 110 cm³/mol. The summed E-state index contributed by atoms with van der Waals surface area (Å²) in [5, 5.41) is 4.61. The van der Waals surface area contributed by atoms with Gasteiger partial charge in [-0.15, -0.1) is 5.10 Å². The van der Waals surface area contributed by atoms with Gasteiger partial charge in [0.15, 0.2) is 0 Å². The molecule has 1 heterocycles. The van der Waals surface area contributed by atoms with E-state index in [0.29, 0.717) is 5.56 Å². The number of hydrogen-bond donors (Lipinski definition) is 0. The van der Waals surface area contributed by atoms with Crippen LogP contribution in [0.25, 0.3) is 22.5 Å². The summed E-state index contributed by atoms with van der Waals surface area (Å²) in [5.74, 6) is 0. The maximum Gasteiger partial charge on any atom is 0.416 e. The topological polar surface area (TPSA) is 27.1 Å². The average Bonchev–Trinajstić information content (AvgIpc) is 3.09. The van der Waals surface area contributed by atoms with E-state index in [2.05, 4.69) is 5.10 Å². The summed E-state index contributed by atoms with van der Waals surface area (Å²) in [6.07, 6.45) is -4.39. The van der Waals surface area contributed by atoms with Crippen molar-refractivity contribution in [2.45, 2.75) is 19.7 Å². The molecule has 0 aliphatic heterocycles. The molecule has 4 rings (SSSR count). The summed E-state index contributed by atoms with van der Waals surface area (Å²) in [4.78, 5) is 7.28. The van der Waals surface area contributed by atoms with Crippen LogP contribution in [0.4, 0.5) is 13.2 Å². The molecule has 4 aromatic rings. The van der Waals surface area contributed by atoms with Gasteiger partial charge >= 0.3 is 6.18 Å². The average molecular weight is 408 g/mol. The molecule has 30 heavy (non-hydrogen) atoms. The first-order chi connectivity index (χ1) is 14.4. The maximum atomic E-state index is 13.0. The zero-order chi connectivity index (χ0) is 21.1. The first-order valence-corrected chi connectivity index (χ1v) is 9.43. The first kappa shape index (κ1) is 19.8. The molecule has 0 aliphatic rings. The van der Waals surface area contributed by atoms with Gasteiger partial charge in [-0.25, -0.2) is 0 Å². The molecular weight excluding hydrogens is 389 g/mol. The van der Waals surface area contributed by atoms with Crippen LogP contribution in [-0.4, -0.2) is 9.94 Å². The van der Waals surface area contributed by atoms with Gasteiger partial charge in [0.05, 0.1) is 11.3 Å². The summed E-state index contributed by atoms with van der Waals surface area (Å²) in [6.45, 7) is 1.92. The van der Waals surface area contributed by atoms with E-state index in [1.807, 2.05) is 67.6 Å². The normalized spacial score (nSPS) is 11.5. The Hall–Kier alpha value is -3.54. The van der Waals surface area contributed by atoms with E-state index in [1.165, 1.54) is 10.9 Å². The molecule has 152 valence electrons. The van der Waals surface area contributed by atoms with Gasteiger partial charge in [0.1, 0.15) is 12.3 Å². The number of halogens is 3. The Balaban J connectivity index is 1.71. The minimum atomic E-state index is -4.39. The molecule has 0 unspecified atom stereocenters. The van der Waals surface area contributed by atoms with E-state index in [0.717, 1.165) is 40.2 Å². The molecule has 1 aromatic heterocycles. The number of alkyl halides is 3. The monoisotopic (exact) mass is 408 g/mol. The number of aromatic nitrogens is 2. The highest BCUT2D eigenvalue weighted by molar-refractivity contribution is 5.73. The molecule has 0 bridgehead atoms. The van der Waals surface area contributed by atoms with Crippen molar-refractivity contribution in [2.24, 2.45) is 0 Å². The second kappa shape index (κ2) is 8.06. The van der Waals surface area contributed by atoms with Crippen LogP contribution in [0.15, 0.2) is 84.9 Å². The maximum absolute atomic E-state index is 13.0. The molecule has 0 amide bonds. The van der Waals surface area contributed by atoms with Gasteiger partial charge in [-0.1, -0.05) is 77.6 Å². The zero-order valence-electron chi connectivity index (χ0n) is 16.2. The molecule has 0 fully saturated rings. The Bertz CT molecular complexity index is 1140. The van der Waals surface area contributed by atoms with Crippen molar-refractivity contribution in [2.75, 3.05) is 0 Å². The smallest absolute Gasteiger partial charge is 0.391 e. The summed E-state index contributed by atoms with van der Waals surface area (Å²) in [6, 6.07) is 24.5. The number of benzene rings is 3. The molecule has 6 heteroatoms. The van der Waals surface area contributed by atoms with Gasteiger partial charge in [-0.3, -0.25) is 0 Å². The van der Waals surface area contributed by atoms with Crippen LogP contribution in [-0.2, 0) is 12.8 Å². The second-order valence-corrected chi connectivity index (χ2v) is 6.90. The van der Waals surface area contributed by atoms with Crippen molar-refractivity contribution in [3.63, 3.8) is 0 Å². The molecule has 0 spiro atoms. The fourth-order valence-electron chi connectivity index (χ4n) is 3.33. The molecule has 3 aromatic carbocycles. The van der Waals surface area contributed by atoms with Crippen LogP contribution < -0.4 is 4.84 Å². The van der Waals surface area contributed by atoms with Crippen LogP contribution in [0.5, 0.6) is 0 Å². The third kappa shape index (κ3) is 4.08. The summed E-state index contributed by atoms with van der Waals surface area (Å²) in [5.41, 5.74) is 4.02. The molecular formula is C24H19F3N2O. The van der Waals surface area contributed by atoms with Gasteiger partial charge in [0.2, 0.25) is 0 Å². The fraction of sp³-hybridized carbons (Fsp3) is 0.125. The lowest BCUT2D eigenvalue weighted by Gasteiger charge is -2.12. The first-order valence-electron chi connectivity index (χ1n) is 9.43. The summed E-state index contributed by atoms with van der Waals surface area (Å²) >= 11 is 0. The number of hydrogen-bond acceptors (Lipinski definition) is 2. The van der Waals surface area contributed by atoms with Crippen molar-refractivity contribution < 1.29 is 18.0 Å². The predicted octanol–water partition coefficient (Wildman–Crippen LogP) is 6.17. The minimum absolute atomic E-state index is 0.0426. The fourth-order valence-corrected chi connectivity index (χ4v) is 3.33. The Morgan fingerprint density at radius 2 is 1.47 bits per heavy atom. The largest absolute Gasteiger partial charge is 0.416 e. The van der Waals surface area contributed by atoms with Crippen molar-refractivity contribution in [3.05, 3.63) is 102 Å². The lowest BCUT2D eigenvalue weighted by atomic mass is 10.0. The van der Waals surface area contributed by atoms with Gasteiger partial charge in [-0.2, -0.15) is 13.2 Å². The van der Waals surface area contributed by atoms with Crippen molar-refractivity contribution >= 4 is 0 Å². The van der Waals surface area contributed by atoms with Crippen LogP contribution in [0.3, 0.4) is 0 Å². The van der Waals surface area contributed by atoms with Crippen molar-refractivity contribution in [3.8, 4) is 22.5 Å². The molecule has 0 N–H and O–H groups in total.